The Bertz CT molecular complexity index is 641. The van der Waals surface area contributed by atoms with Crippen molar-refractivity contribution in [2.45, 2.75) is 20.4 Å². The molecular weight excluding hydrogens is 300 g/mol. The smallest absolute Gasteiger partial charge is 0.289 e. The molecule has 2 aromatic rings. The van der Waals surface area contributed by atoms with Crippen molar-refractivity contribution < 1.29 is 32.4 Å². The summed E-state index contributed by atoms with van der Waals surface area (Å²) in [6.45, 7) is 4.69. The van der Waals surface area contributed by atoms with Crippen LogP contribution in [0.2, 0.25) is 0 Å². The van der Waals surface area contributed by atoms with E-state index in [1.165, 1.54) is 12.1 Å². The molecule has 5 nitrogen and oxygen atoms in total. The molecule has 0 fully saturated rings. The normalized spacial score (nSPS) is 10.7. The van der Waals surface area contributed by atoms with Crippen LogP contribution in [0.5, 0.6) is 17.2 Å². The average Bonchev–Trinajstić information content (AvgIpc) is 2.75. The van der Waals surface area contributed by atoms with Crippen LogP contribution in [0.1, 0.15) is 22.5 Å². The molecule has 0 aliphatic carbocycles. The van der Waals surface area contributed by atoms with Crippen LogP contribution in [0, 0.1) is 6.92 Å². The molecule has 0 spiro atoms. The highest BCUT2D eigenvalue weighted by molar-refractivity contribution is 7.11. The quantitative estimate of drug-likeness (QED) is 0.504. The first-order valence-electron chi connectivity index (χ1n) is 5.82. The van der Waals surface area contributed by atoms with Gasteiger partial charge in [-0.2, -0.15) is 0 Å². The number of aryl methyl sites for hydroxylation is 2. The Labute approximate surface area is 126 Å². The van der Waals surface area contributed by atoms with E-state index in [1.807, 2.05) is 24.6 Å². The Balaban J connectivity index is 0.00000200. The Kier molecular flexibility index (Phi) is 5.35. The van der Waals surface area contributed by atoms with Crippen molar-refractivity contribution in [3.05, 3.63) is 27.7 Å². The molecule has 0 saturated heterocycles. The molecule has 0 saturated carbocycles. The van der Waals surface area contributed by atoms with Gasteiger partial charge in [0.05, 0.1) is 0 Å². The number of phenols is 3. The van der Waals surface area contributed by atoms with Crippen LogP contribution in [0.4, 0.5) is 0 Å². The first-order valence-corrected chi connectivity index (χ1v) is 6.64. The Morgan fingerprint density at radius 2 is 1.90 bits per heavy atom. The van der Waals surface area contributed by atoms with Gasteiger partial charge in [-0.1, -0.05) is 4.68 Å². The lowest BCUT2D eigenvalue weighted by Gasteiger charge is -2.02. The number of hydrogen-bond acceptors (Lipinski definition) is 5. The second-order valence-corrected chi connectivity index (χ2v) is 5.19. The van der Waals surface area contributed by atoms with Gasteiger partial charge in [0.25, 0.3) is 5.01 Å². The zero-order chi connectivity index (χ0) is 14.0. The third-order valence-corrected chi connectivity index (χ3v) is 3.57. The van der Waals surface area contributed by atoms with E-state index in [-0.39, 0.29) is 23.9 Å². The summed E-state index contributed by atoms with van der Waals surface area (Å²) in [6, 6.07) is 2.87. The number of halogens is 1. The van der Waals surface area contributed by atoms with Gasteiger partial charge in [0, 0.05) is 16.7 Å². The zero-order valence-corrected chi connectivity index (χ0v) is 12.6. The molecule has 0 aliphatic heterocycles. The van der Waals surface area contributed by atoms with Crippen molar-refractivity contribution in [3.8, 4) is 17.2 Å². The Morgan fingerprint density at radius 1 is 1.20 bits per heavy atom. The minimum absolute atomic E-state index is 0. The minimum Gasteiger partial charge on any atom is -1.00 e. The van der Waals surface area contributed by atoms with E-state index in [2.05, 4.69) is 5.10 Å². The molecule has 1 heterocycles. The third-order valence-electron chi connectivity index (χ3n) is 2.63. The summed E-state index contributed by atoms with van der Waals surface area (Å²) >= 11 is 1.54. The summed E-state index contributed by atoms with van der Waals surface area (Å²) in [7, 11) is 0. The van der Waals surface area contributed by atoms with Crippen molar-refractivity contribution in [1.29, 1.82) is 0 Å². The van der Waals surface area contributed by atoms with Gasteiger partial charge < -0.3 is 27.7 Å². The first-order chi connectivity index (χ1) is 9.02. The third kappa shape index (κ3) is 3.20. The van der Waals surface area contributed by atoms with Crippen LogP contribution in [0.25, 0.3) is 12.2 Å². The highest BCUT2D eigenvalue weighted by atomic mass is 35.5. The number of benzene rings is 1. The molecule has 2 rings (SSSR count). The molecular formula is C13H15ClN2O3S. The van der Waals surface area contributed by atoms with Crippen LogP contribution in [0.3, 0.4) is 0 Å². The lowest BCUT2D eigenvalue weighted by molar-refractivity contribution is -0.747. The van der Waals surface area contributed by atoms with Crippen molar-refractivity contribution >= 4 is 23.5 Å². The number of phenolic OH excluding ortho intramolecular Hbond substituents is 3. The van der Waals surface area contributed by atoms with Gasteiger partial charge in [-0.05, 0) is 43.4 Å². The molecule has 108 valence electrons. The van der Waals surface area contributed by atoms with E-state index < -0.39 is 5.75 Å². The fourth-order valence-electron chi connectivity index (χ4n) is 1.67. The van der Waals surface area contributed by atoms with Crippen molar-refractivity contribution in [1.82, 2.24) is 5.10 Å². The van der Waals surface area contributed by atoms with E-state index in [1.54, 1.807) is 17.4 Å². The van der Waals surface area contributed by atoms with Gasteiger partial charge in [0.15, 0.2) is 23.1 Å². The summed E-state index contributed by atoms with van der Waals surface area (Å²) in [5, 5.41) is 34.6. The minimum atomic E-state index is -0.508. The lowest BCUT2D eigenvalue weighted by Crippen LogP contribution is -3.00. The summed E-state index contributed by atoms with van der Waals surface area (Å²) in [6.07, 6.45) is 3.49. The Hall–Kier alpha value is -1.79. The number of aromatic nitrogens is 2. The predicted molar refractivity (Wildman–Crippen MR) is 73.1 cm³/mol. The van der Waals surface area contributed by atoms with Crippen LogP contribution in [0.15, 0.2) is 12.1 Å². The second-order valence-electron chi connectivity index (χ2n) is 3.98. The molecule has 3 N–H and O–H groups in total. The van der Waals surface area contributed by atoms with E-state index in [0.717, 1.165) is 16.6 Å². The molecule has 7 heteroatoms. The largest absolute Gasteiger partial charge is 1.00 e. The fraction of sp³-hybridized carbons (Fsp3) is 0.231. The maximum atomic E-state index is 9.71. The standard InChI is InChI=1S/C13H14N2O3S.ClH/c1-3-15-11(19-8(2)14-15)7-5-9-4-6-10(16)13(18)12(9)17;/h4-7H,3H2,1-2H3,(H2,16,17,18);1H. The van der Waals surface area contributed by atoms with E-state index in [0.29, 0.717) is 5.56 Å². The molecule has 0 atom stereocenters. The zero-order valence-electron chi connectivity index (χ0n) is 11.0. The van der Waals surface area contributed by atoms with Crippen LogP contribution in [-0.2, 0) is 6.54 Å². The number of aromatic hydroxyl groups is 3. The first kappa shape index (κ1) is 16.3. The summed E-state index contributed by atoms with van der Waals surface area (Å²) in [5.41, 5.74) is 0.434. The molecule has 0 unspecified atom stereocenters. The summed E-state index contributed by atoms with van der Waals surface area (Å²) in [5.74, 6) is -1.18. The van der Waals surface area contributed by atoms with Crippen molar-refractivity contribution in [2.24, 2.45) is 0 Å². The van der Waals surface area contributed by atoms with E-state index >= 15 is 0 Å². The highest BCUT2D eigenvalue weighted by Crippen LogP contribution is 2.37. The maximum absolute atomic E-state index is 9.71. The van der Waals surface area contributed by atoms with Crippen molar-refractivity contribution in [3.63, 3.8) is 0 Å². The maximum Gasteiger partial charge on any atom is 0.289 e. The molecule has 0 bridgehead atoms. The molecule has 0 radical (unpaired) electrons. The van der Waals surface area contributed by atoms with Crippen LogP contribution in [-0.4, -0.2) is 20.4 Å². The topological polar surface area (TPSA) is 77.5 Å². The van der Waals surface area contributed by atoms with Gasteiger partial charge in [0.1, 0.15) is 0 Å². The SMILES string of the molecule is CC[n+]1nc(C)sc1/C=C/c1ccc(O)c(O)c1O.[Cl-]. The van der Waals surface area contributed by atoms with Crippen LogP contribution < -0.4 is 17.1 Å². The number of rotatable bonds is 3. The van der Waals surface area contributed by atoms with Gasteiger partial charge >= 0.3 is 0 Å². The summed E-state index contributed by atoms with van der Waals surface area (Å²) in [4.78, 5) is 0. The summed E-state index contributed by atoms with van der Waals surface area (Å²) < 4.78 is 1.85. The van der Waals surface area contributed by atoms with Gasteiger partial charge in [-0.25, -0.2) is 0 Å². The molecule has 20 heavy (non-hydrogen) atoms. The number of nitrogens with zero attached hydrogens (tertiary/aromatic N) is 2. The van der Waals surface area contributed by atoms with Crippen LogP contribution >= 0.6 is 11.3 Å². The molecule has 0 aliphatic rings. The van der Waals surface area contributed by atoms with Gasteiger partial charge in [-0.3, -0.25) is 0 Å². The average molecular weight is 315 g/mol. The van der Waals surface area contributed by atoms with E-state index in [4.69, 9.17) is 0 Å². The fourth-order valence-corrected chi connectivity index (χ4v) is 2.52. The second kappa shape index (κ2) is 6.58. The van der Waals surface area contributed by atoms with Gasteiger partial charge in [0.2, 0.25) is 5.75 Å². The molecule has 0 amide bonds. The van der Waals surface area contributed by atoms with E-state index in [9.17, 15) is 15.3 Å². The van der Waals surface area contributed by atoms with Crippen molar-refractivity contribution in [2.75, 3.05) is 0 Å². The molecule has 1 aromatic carbocycles. The lowest BCUT2D eigenvalue weighted by atomic mass is 10.1. The molecule has 1 aromatic heterocycles. The highest BCUT2D eigenvalue weighted by Gasteiger charge is 2.14. The monoisotopic (exact) mass is 314 g/mol. The Morgan fingerprint density at radius 3 is 2.55 bits per heavy atom. The number of hydrogen-bond donors (Lipinski definition) is 3. The van der Waals surface area contributed by atoms with Gasteiger partial charge in [-0.15, -0.1) is 0 Å². The predicted octanol–water partition coefficient (Wildman–Crippen LogP) is -0.950.